The number of aliphatic hydroxyl groups excluding tert-OH is 4. The van der Waals surface area contributed by atoms with Crippen LogP contribution in [0.2, 0.25) is 0 Å². The molecule has 0 saturated carbocycles. The highest BCUT2D eigenvalue weighted by Gasteiger charge is 2.37. The molecule has 0 radical (unpaired) electrons. The van der Waals surface area contributed by atoms with E-state index in [4.69, 9.17) is 9.26 Å². The van der Waals surface area contributed by atoms with Gasteiger partial charge in [-0.2, -0.15) is 0 Å². The van der Waals surface area contributed by atoms with E-state index in [-0.39, 0.29) is 0 Å². The first-order valence-electron chi connectivity index (χ1n) is 8.03. The van der Waals surface area contributed by atoms with E-state index in [1.165, 1.54) is 0 Å². The van der Waals surface area contributed by atoms with Gasteiger partial charge >= 0.3 is 13.8 Å². The number of esters is 1. The van der Waals surface area contributed by atoms with Crippen LogP contribution in [0.4, 0.5) is 0 Å². The lowest BCUT2D eigenvalue weighted by atomic mass is 10.0. The van der Waals surface area contributed by atoms with Crippen LogP contribution in [0, 0.1) is 0 Å². The van der Waals surface area contributed by atoms with Crippen molar-refractivity contribution >= 4 is 13.8 Å². The first-order valence-corrected chi connectivity index (χ1v) is 9.53. The van der Waals surface area contributed by atoms with Gasteiger partial charge in [0.15, 0.2) is 6.10 Å². The number of aliphatic hydroxyl groups is 4. The second-order valence-corrected chi connectivity index (χ2v) is 7.14. The smallest absolute Gasteiger partial charge is 0.461 e. The second kappa shape index (κ2) is 11.2. The molecule has 7 atom stereocenters. The van der Waals surface area contributed by atoms with Crippen LogP contribution < -0.4 is 0 Å². The van der Waals surface area contributed by atoms with E-state index in [0.29, 0.717) is 12.8 Å². The van der Waals surface area contributed by atoms with Crippen molar-refractivity contribution in [2.75, 3.05) is 6.61 Å². The number of ether oxygens (including phenoxy) is 1. The Morgan fingerprint density at radius 2 is 1.52 bits per heavy atom. The van der Waals surface area contributed by atoms with Gasteiger partial charge in [-0.3, -0.25) is 9.05 Å². The molecule has 150 valence electrons. The van der Waals surface area contributed by atoms with Crippen molar-refractivity contribution in [3.8, 4) is 0 Å². The van der Waals surface area contributed by atoms with Crippen LogP contribution in [-0.2, 0) is 23.1 Å². The number of rotatable bonds is 12. The molecule has 0 aliphatic heterocycles. The molecule has 0 spiro atoms. The maximum absolute atomic E-state index is 11.6. The molecule has 0 heterocycles. The lowest BCUT2D eigenvalue weighted by molar-refractivity contribution is -0.174. The fourth-order valence-corrected chi connectivity index (χ4v) is 2.51. The zero-order valence-electron chi connectivity index (χ0n) is 14.8. The van der Waals surface area contributed by atoms with Gasteiger partial charge in [-0.15, -0.1) is 0 Å². The van der Waals surface area contributed by atoms with Crippen LogP contribution in [0.3, 0.4) is 0 Å². The van der Waals surface area contributed by atoms with E-state index >= 15 is 0 Å². The summed E-state index contributed by atoms with van der Waals surface area (Å²) in [5, 5.41) is 38.9. The summed E-state index contributed by atoms with van der Waals surface area (Å²) in [6.45, 7) is 5.72. The van der Waals surface area contributed by atoms with Crippen LogP contribution in [0.25, 0.3) is 0 Å². The molecule has 0 amide bonds. The van der Waals surface area contributed by atoms with E-state index < -0.39 is 57.0 Å². The molecule has 0 bridgehead atoms. The third kappa shape index (κ3) is 9.07. The number of carbonyl (C=O) groups excluding carboxylic acids is 1. The first-order chi connectivity index (χ1) is 11.4. The van der Waals surface area contributed by atoms with Crippen LogP contribution >= 0.6 is 7.82 Å². The minimum atomic E-state index is -4.46. The zero-order valence-corrected chi connectivity index (χ0v) is 15.7. The quantitative estimate of drug-likeness (QED) is 0.222. The summed E-state index contributed by atoms with van der Waals surface area (Å²) in [6, 6.07) is 0. The molecule has 10 nitrogen and oxygen atoms in total. The summed E-state index contributed by atoms with van der Waals surface area (Å²) in [5.41, 5.74) is 0. The topological polar surface area (TPSA) is 163 Å². The first kappa shape index (κ1) is 24.4. The van der Waals surface area contributed by atoms with Gasteiger partial charge < -0.3 is 30.1 Å². The van der Waals surface area contributed by atoms with Gasteiger partial charge in [0.2, 0.25) is 0 Å². The summed E-state index contributed by atoms with van der Waals surface area (Å²) in [5.74, 6) is -1.16. The van der Waals surface area contributed by atoms with Gasteiger partial charge in [0.25, 0.3) is 0 Å². The number of carbonyl (C=O) groups is 1. The Morgan fingerprint density at radius 3 is 2.00 bits per heavy atom. The van der Waals surface area contributed by atoms with Crippen LogP contribution in [0.15, 0.2) is 0 Å². The van der Waals surface area contributed by atoms with Gasteiger partial charge in [-0.1, -0.05) is 13.8 Å². The molecule has 0 aliphatic rings. The van der Waals surface area contributed by atoms with Crippen LogP contribution in [0.5, 0.6) is 0 Å². The number of phosphoric ester groups is 1. The maximum Gasteiger partial charge on any atom is 0.472 e. The van der Waals surface area contributed by atoms with Crippen molar-refractivity contribution in [1.82, 2.24) is 0 Å². The van der Waals surface area contributed by atoms with Gasteiger partial charge in [-0.05, 0) is 26.7 Å². The van der Waals surface area contributed by atoms with Crippen molar-refractivity contribution in [3.63, 3.8) is 0 Å². The monoisotopic (exact) mass is 388 g/mol. The summed E-state index contributed by atoms with van der Waals surface area (Å²) in [7, 11) is -4.46. The van der Waals surface area contributed by atoms with Crippen molar-refractivity contribution in [1.29, 1.82) is 0 Å². The summed E-state index contributed by atoms with van der Waals surface area (Å²) in [4.78, 5) is 21.0. The average Bonchev–Trinajstić information content (AvgIpc) is 2.56. The molecule has 0 rings (SSSR count). The molecule has 0 aliphatic carbocycles. The molecule has 0 aromatic heterocycles. The fraction of sp³-hybridized carbons (Fsp3) is 0.929. The van der Waals surface area contributed by atoms with Crippen molar-refractivity contribution in [3.05, 3.63) is 0 Å². The van der Waals surface area contributed by atoms with E-state index in [9.17, 15) is 34.7 Å². The van der Waals surface area contributed by atoms with Crippen molar-refractivity contribution in [2.24, 2.45) is 0 Å². The molecular formula is C14H29O10P. The van der Waals surface area contributed by atoms with Gasteiger partial charge in [0.1, 0.15) is 18.3 Å². The Kier molecular flexibility index (Phi) is 10.9. The highest BCUT2D eigenvalue weighted by atomic mass is 31.2. The minimum Gasteiger partial charge on any atom is -0.461 e. The van der Waals surface area contributed by atoms with Crippen molar-refractivity contribution < 1.29 is 48.5 Å². The largest absolute Gasteiger partial charge is 0.472 e. The van der Waals surface area contributed by atoms with Crippen LogP contribution in [-0.4, -0.2) is 74.5 Å². The average molecular weight is 388 g/mol. The maximum atomic E-state index is 11.6. The number of hydrogen-bond donors (Lipinski definition) is 5. The Bertz CT molecular complexity index is 445. The Morgan fingerprint density at radius 1 is 1.00 bits per heavy atom. The Balaban J connectivity index is 4.58. The molecule has 0 saturated heterocycles. The third-order valence-electron chi connectivity index (χ3n) is 3.50. The predicted octanol–water partition coefficient (Wildman–Crippen LogP) is -0.296. The molecule has 0 fully saturated rings. The Hall–Kier alpha value is -0.580. The normalized spacial score (nSPS) is 21.5. The highest BCUT2D eigenvalue weighted by Crippen LogP contribution is 2.45. The molecule has 3 unspecified atom stereocenters. The fourth-order valence-electron chi connectivity index (χ4n) is 1.51. The lowest BCUT2D eigenvalue weighted by Gasteiger charge is -2.26. The van der Waals surface area contributed by atoms with E-state index in [0.717, 1.165) is 0 Å². The van der Waals surface area contributed by atoms with Crippen LogP contribution in [0.1, 0.15) is 40.5 Å². The lowest BCUT2D eigenvalue weighted by Crippen LogP contribution is -2.49. The Labute approximate surface area is 147 Å². The molecule has 0 aromatic rings. The standard InChI is InChI=1S/C14H29O10P/c1-5-8(3)23-14(19)13(18)12(17)11(16)10(15)7-22-25(20,21)24-9(4)6-2/h8-13,15-18H,5-7H2,1-4H3,(H,20,21)/t8?,9?,10-,11-,12+,13-/m1/s1. The minimum absolute atomic E-state index is 0.447. The van der Waals surface area contributed by atoms with Gasteiger partial charge in [-0.25, -0.2) is 9.36 Å². The third-order valence-corrected chi connectivity index (χ3v) is 4.60. The van der Waals surface area contributed by atoms with E-state index in [1.807, 2.05) is 0 Å². The second-order valence-electron chi connectivity index (χ2n) is 5.74. The summed E-state index contributed by atoms with van der Waals surface area (Å²) < 4.78 is 25.7. The molecule has 5 N–H and O–H groups in total. The van der Waals surface area contributed by atoms with E-state index in [1.54, 1.807) is 27.7 Å². The van der Waals surface area contributed by atoms with E-state index in [2.05, 4.69) is 4.52 Å². The molecule has 25 heavy (non-hydrogen) atoms. The molecule has 11 heteroatoms. The highest BCUT2D eigenvalue weighted by molar-refractivity contribution is 7.47. The summed E-state index contributed by atoms with van der Waals surface area (Å²) in [6.07, 6.45) is -8.21. The zero-order chi connectivity index (χ0) is 19.8. The van der Waals surface area contributed by atoms with Crippen molar-refractivity contribution in [2.45, 2.75) is 77.2 Å². The summed E-state index contributed by atoms with van der Waals surface area (Å²) >= 11 is 0. The number of phosphoric acid groups is 1. The van der Waals surface area contributed by atoms with Gasteiger partial charge in [0.05, 0.1) is 18.8 Å². The van der Waals surface area contributed by atoms with Gasteiger partial charge in [0, 0.05) is 0 Å². The molecular weight excluding hydrogens is 359 g/mol. The predicted molar refractivity (Wildman–Crippen MR) is 86.5 cm³/mol. The molecule has 0 aromatic carbocycles. The SMILES string of the molecule is CCC(C)OC(=O)[C@H](O)[C@@H](O)[C@H](O)[C@H](O)COP(=O)(O)OC(C)CC. The number of hydrogen-bond acceptors (Lipinski definition) is 9.